The molecule has 0 heterocycles. The molecule has 2 amide bonds. The first kappa shape index (κ1) is 14.1. The largest absolute Gasteiger partial charge is 0.508 e. The molecule has 0 spiro atoms. The molecular formula is C14H11BrN2O3. The third-order valence-corrected chi connectivity index (χ3v) is 3.23. The van der Waals surface area contributed by atoms with Crippen molar-refractivity contribution in [2.75, 3.05) is 0 Å². The van der Waals surface area contributed by atoms with E-state index in [1.54, 1.807) is 24.3 Å². The summed E-state index contributed by atoms with van der Waals surface area (Å²) < 4.78 is 0.636. The average molecular weight is 335 g/mol. The summed E-state index contributed by atoms with van der Waals surface area (Å²) in [6, 6.07) is 12.6. The van der Waals surface area contributed by atoms with Crippen LogP contribution in [-0.4, -0.2) is 16.9 Å². The molecule has 0 radical (unpaired) electrons. The summed E-state index contributed by atoms with van der Waals surface area (Å²) in [5.41, 5.74) is 5.37. The number of amides is 2. The van der Waals surface area contributed by atoms with Crippen molar-refractivity contribution in [1.82, 2.24) is 10.9 Å². The first-order chi connectivity index (χ1) is 9.58. The number of nitrogens with one attached hydrogen (secondary N) is 2. The lowest BCUT2D eigenvalue weighted by atomic mass is 10.2. The molecule has 102 valence electrons. The summed E-state index contributed by atoms with van der Waals surface area (Å²) >= 11 is 3.26. The number of phenolic OH excluding ortho intramolecular Hbond substituents is 1. The van der Waals surface area contributed by atoms with Gasteiger partial charge in [0.15, 0.2) is 0 Å². The number of carbonyl (C=O) groups is 2. The highest BCUT2D eigenvalue weighted by molar-refractivity contribution is 9.10. The molecule has 6 heteroatoms. The van der Waals surface area contributed by atoms with Crippen LogP contribution in [0, 0.1) is 0 Å². The van der Waals surface area contributed by atoms with Gasteiger partial charge < -0.3 is 5.11 Å². The molecule has 0 saturated carbocycles. The predicted octanol–water partition coefficient (Wildman–Crippen LogP) is 2.23. The second-order valence-electron chi connectivity index (χ2n) is 3.93. The molecule has 0 fully saturated rings. The number of aromatic hydroxyl groups is 1. The van der Waals surface area contributed by atoms with E-state index in [-0.39, 0.29) is 5.75 Å². The maximum atomic E-state index is 11.9. The number of phenols is 1. The normalized spacial score (nSPS) is 9.85. The van der Waals surface area contributed by atoms with Gasteiger partial charge in [-0.15, -0.1) is 0 Å². The van der Waals surface area contributed by atoms with Crippen LogP contribution in [0.5, 0.6) is 5.75 Å². The summed E-state index contributed by atoms with van der Waals surface area (Å²) in [5, 5.41) is 9.13. The third kappa shape index (κ3) is 3.36. The predicted molar refractivity (Wildman–Crippen MR) is 77.2 cm³/mol. The van der Waals surface area contributed by atoms with E-state index < -0.39 is 11.8 Å². The number of rotatable bonds is 2. The molecule has 0 unspecified atom stereocenters. The van der Waals surface area contributed by atoms with Crippen molar-refractivity contribution in [2.45, 2.75) is 0 Å². The number of hydrogen-bond acceptors (Lipinski definition) is 3. The third-order valence-electron chi connectivity index (χ3n) is 2.54. The zero-order valence-corrected chi connectivity index (χ0v) is 11.8. The smallest absolute Gasteiger partial charge is 0.270 e. The SMILES string of the molecule is O=C(NNC(=O)c1ccccc1Br)c1ccc(O)cc1. The number of benzene rings is 2. The van der Waals surface area contributed by atoms with Crippen LogP contribution in [0.2, 0.25) is 0 Å². The van der Waals surface area contributed by atoms with E-state index in [0.717, 1.165) is 0 Å². The van der Waals surface area contributed by atoms with E-state index in [9.17, 15) is 9.59 Å². The van der Waals surface area contributed by atoms with Gasteiger partial charge in [-0.25, -0.2) is 0 Å². The van der Waals surface area contributed by atoms with Gasteiger partial charge in [-0.2, -0.15) is 0 Å². The van der Waals surface area contributed by atoms with Crippen LogP contribution in [0.25, 0.3) is 0 Å². The molecule has 0 aliphatic carbocycles. The molecule has 0 aliphatic heterocycles. The van der Waals surface area contributed by atoms with Crippen molar-refractivity contribution in [1.29, 1.82) is 0 Å². The van der Waals surface area contributed by atoms with Crippen molar-refractivity contribution in [3.05, 3.63) is 64.1 Å². The quantitative estimate of drug-likeness (QED) is 0.737. The highest BCUT2D eigenvalue weighted by Gasteiger charge is 2.11. The van der Waals surface area contributed by atoms with Crippen molar-refractivity contribution in [2.24, 2.45) is 0 Å². The van der Waals surface area contributed by atoms with E-state index in [2.05, 4.69) is 26.8 Å². The molecular weight excluding hydrogens is 324 g/mol. The molecule has 5 nitrogen and oxygen atoms in total. The van der Waals surface area contributed by atoms with Gasteiger partial charge in [-0.05, 0) is 52.3 Å². The molecule has 0 bridgehead atoms. The molecule has 2 aromatic rings. The van der Waals surface area contributed by atoms with Gasteiger partial charge in [0.2, 0.25) is 0 Å². The minimum Gasteiger partial charge on any atom is -0.508 e. The van der Waals surface area contributed by atoms with Crippen LogP contribution < -0.4 is 10.9 Å². The van der Waals surface area contributed by atoms with E-state index >= 15 is 0 Å². The Morgan fingerprint density at radius 2 is 1.50 bits per heavy atom. The zero-order valence-electron chi connectivity index (χ0n) is 10.3. The average Bonchev–Trinajstić information content (AvgIpc) is 2.45. The van der Waals surface area contributed by atoms with E-state index in [1.807, 2.05) is 0 Å². The fraction of sp³-hybridized carbons (Fsp3) is 0. The van der Waals surface area contributed by atoms with Gasteiger partial charge in [-0.3, -0.25) is 20.4 Å². The fourth-order valence-corrected chi connectivity index (χ4v) is 1.98. The Balaban J connectivity index is 1.99. The van der Waals surface area contributed by atoms with Crippen molar-refractivity contribution >= 4 is 27.7 Å². The lowest BCUT2D eigenvalue weighted by Gasteiger charge is -2.08. The Bertz CT molecular complexity index is 641. The van der Waals surface area contributed by atoms with Crippen LogP contribution >= 0.6 is 15.9 Å². The summed E-state index contributed by atoms with van der Waals surface area (Å²) in [4.78, 5) is 23.6. The van der Waals surface area contributed by atoms with Gasteiger partial charge >= 0.3 is 0 Å². The fourth-order valence-electron chi connectivity index (χ4n) is 1.51. The van der Waals surface area contributed by atoms with Crippen LogP contribution in [0.4, 0.5) is 0 Å². The monoisotopic (exact) mass is 334 g/mol. The number of carbonyl (C=O) groups excluding carboxylic acids is 2. The molecule has 0 saturated heterocycles. The second-order valence-corrected chi connectivity index (χ2v) is 4.79. The minimum atomic E-state index is -0.467. The molecule has 2 aromatic carbocycles. The summed E-state index contributed by atoms with van der Waals surface area (Å²) in [6.45, 7) is 0. The summed E-state index contributed by atoms with van der Waals surface area (Å²) in [6.07, 6.45) is 0. The van der Waals surface area contributed by atoms with Crippen molar-refractivity contribution < 1.29 is 14.7 Å². The van der Waals surface area contributed by atoms with E-state index in [4.69, 9.17) is 5.11 Å². The zero-order chi connectivity index (χ0) is 14.5. The number of halogens is 1. The van der Waals surface area contributed by atoms with Gasteiger partial charge in [0, 0.05) is 10.0 Å². The van der Waals surface area contributed by atoms with Crippen LogP contribution in [-0.2, 0) is 0 Å². The first-order valence-electron chi connectivity index (χ1n) is 5.72. The molecule has 20 heavy (non-hydrogen) atoms. The highest BCUT2D eigenvalue weighted by Crippen LogP contribution is 2.15. The lowest BCUT2D eigenvalue weighted by Crippen LogP contribution is -2.41. The van der Waals surface area contributed by atoms with Gasteiger partial charge in [0.1, 0.15) is 5.75 Å². The Morgan fingerprint density at radius 1 is 0.900 bits per heavy atom. The highest BCUT2D eigenvalue weighted by atomic mass is 79.9. The minimum absolute atomic E-state index is 0.0683. The first-order valence-corrected chi connectivity index (χ1v) is 6.51. The van der Waals surface area contributed by atoms with Crippen molar-refractivity contribution in [3.8, 4) is 5.75 Å². The summed E-state index contributed by atoms with van der Waals surface area (Å²) in [7, 11) is 0. The number of hydrogen-bond donors (Lipinski definition) is 3. The standard InChI is InChI=1S/C14H11BrN2O3/c15-12-4-2-1-3-11(12)14(20)17-16-13(19)9-5-7-10(18)8-6-9/h1-8,18H,(H,16,19)(H,17,20). The topological polar surface area (TPSA) is 78.4 Å². The Kier molecular flexibility index (Phi) is 4.37. The van der Waals surface area contributed by atoms with Crippen LogP contribution in [0.15, 0.2) is 53.0 Å². The molecule has 0 aliphatic rings. The number of hydrazine groups is 1. The Labute approximate surface area is 123 Å². The van der Waals surface area contributed by atoms with Gasteiger partial charge in [0.05, 0.1) is 5.56 Å². The maximum absolute atomic E-state index is 11.9. The molecule has 0 atom stereocenters. The maximum Gasteiger partial charge on any atom is 0.270 e. The van der Waals surface area contributed by atoms with Crippen molar-refractivity contribution in [3.63, 3.8) is 0 Å². The Hall–Kier alpha value is -2.34. The summed E-state index contributed by atoms with van der Waals surface area (Å²) in [5.74, 6) is -0.825. The second kappa shape index (κ2) is 6.21. The molecule has 2 rings (SSSR count). The van der Waals surface area contributed by atoms with Crippen LogP contribution in [0.3, 0.4) is 0 Å². The van der Waals surface area contributed by atoms with Gasteiger partial charge in [0.25, 0.3) is 11.8 Å². The lowest BCUT2D eigenvalue weighted by molar-refractivity contribution is 0.0846. The van der Waals surface area contributed by atoms with E-state index in [1.165, 1.54) is 24.3 Å². The molecule has 0 aromatic heterocycles. The van der Waals surface area contributed by atoms with Crippen LogP contribution in [0.1, 0.15) is 20.7 Å². The van der Waals surface area contributed by atoms with Gasteiger partial charge in [-0.1, -0.05) is 12.1 Å². The Morgan fingerprint density at radius 3 is 2.15 bits per heavy atom. The molecule has 3 N–H and O–H groups in total. The van der Waals surface area contributed by atoms with E-state index in [0.29, 0.717) is 15.6 Å².